The molecule has 7 heteroatoms. The lowest BCUT2D eigenvalue weighted by Crippen LogP contribution is -2.47. The van der Waals surface area contributed by atoms with Gasteiger partial charge in [0.1, 0.15) is 11.5 Å². The van der Waals surface area contributed by atoms with Gasteiger partial charge in [0.05, 0.1) is 23.5 Å². The van der Waals surface area contributed by atoms with Crippen molar-refractivity contribution in [3.63, 3.8) is 0 Å². The summed E-state index contributed by atoms with van der Waals surface area (Å²) < 4.78 is 20.0. The quantitative estimate of drug-likeness (QED) is 0.652. The van der Waals surface area contributed by atoms with Crippen LogP contribution in [-0.4, -0.2) is 42.0 Å². The first-order valence-electron chi connectivity index (χ1n) is 9.40. The van der Waals surface area contributed by atoms with Crippen LogP contribution < -0.4 is 4.90 Å². The highest BCUT2D eigenvalue weighted by Gasteiger charge is 2.43. The van der Waals surface area contributed by atoms with Crippen molar-refractivity contribution in [1.29, 1.82) is 0 Å². The van der Waals surface area contributed by atoms with Crippen molar-refractivity contribution >= 4 is 39.0 Å². The zero-order chi connectivity index (χ0) is 20.7. The van der Waals surface area contributed by atoms with Crippen molar-refractivity contribution in [2.24, 2.45) is 0 Å². The summed E-state index contributed by atoms with van der Waals surface area (Å²) in [4.78, 5) is 30.0. The van der Waals surface area contributed by atoms with Crippen LogP contribution in [0.3, 0.4) is 0 Å². The molecule has 0 radical (unpaired) electrons. The molecule has 4 rings (SSSR count). The Morgan fingerprint density at radius 2 is 1.66 bits per heavy atom. The molecule has 0 aliphatic carbocycles. The van der Waals surface area contributed by atoms with Gasteiger partial charge in [-0.2, -0.15) is 0 Å². The van der Waals surface area contributed by atoms with Crippen molar-refractivity contribution < 1.29 is 18.7 Å². The number of amides is 2. The third-order valence-corrected chi connectivity index (χ3v) is 5.49. The number of carbonyl (C=O) groups is 2. The molecular formula is C22H20BrFN2O3. The van der Waals surface area contributed by atoms with E-state index in [0.29, 0.717) is 30.0 Å². The molecule has 2 aromatic rings. The average molecular weight is 459 g/mol. The predicted octanol–water partition coefficient (Wildman–Crippen LogP) is 3.98. The Kier molecular flexibility index (Phi) is 5.27. The van der Waals surface area contributed by atoms with E-state index >= 15 is 0 Å². The molecule has 0 aromatic heterocycles. The molecule has 150 valence electrons. The summed E-state index contributed by atoms with van der Waals surface area (Å²) >= 11 is 3.39. The fraction of sp³-hybridized carbons (Fsp3) is 0.273. The highest BCUT2D eigenvalue weighted by molar-refractivity contribution is 9.10. The monoisotopic (exact) mass is 458 g/mol. The summed E-state index contributed by atoms with van der Waals surface area (Å²) in [6.07, 6.45) is -0.160. The average Bonchev–Trinajstić information content (AvgIpc) is 2.92. The van der Waals surface area contributed by atoms with Crippen LogP contribution in [0.1, 0.15) is 19.4 Å². The van der Waals surface area contributed by atoms with Gasteiger partial charge in [-0.25, -0.2) is 9.29 Å². The van der Waals surface area contributed by atoms with Crippen LogP contribution >= 0.6 is 15.9 Å². The van der Waals surface area contributed by atoms with Crippen molar-refractivity contribution in [2.45, 2.75) is 26.1 Å². The van der Waals surface area contributed by atoms with Crippen molar-refractivity contribution in [3.8, 4) is 0 Å². The molecule has 0 bridgehead atoms. The summed E-state index contributed by atoms with van der Waals surface area (Å²) in [5.41, 5.74) is 1.63. The van der Waals surface area contributed by atoms with Gasteiger partial charge in [0, 0.05) is 17.6 Å². The van der Waals surface area contributed by atoms with E-state index in [1.165, 1.54) is 29.2 Å². The lowest BCUT2D eigenvalue weighted by atomic mass is 10.0. The Labute approximate surface area is 176 Å². The highest BCUT2D eigenvalue weighted by Crippen LogP contribution is 2.36. The van der Waals surface area contributed by atoms with Gasteiger partial charge in [-0.05, 0) is 49.7 Å². The molecule has 1 saturated heterocycles. The van der Waals surface area contributed by atoms with Crippen LogP contribution in [0.2, 0.25) is 0 Å². The van der Waals surface area contributed by atoms with Gasteiger partial charge >= 0.3 is 0 Å². The molecule has 29 heavy (non-hydrogen) atoms. The second-order valence-electron chi connectivity index (χ2n) is 7.32. The number of ether oxygens (including phenoxy) is 1. The van der Waals surface area contributed by atoms with Gasteiger partial charge in [-0.3, -0.25) is 9.59 Å². The van der Waals surface area contributed by atoms with E-state index in [2.05, 4.69) is 15.9 Å². The van der Waals surface area contributed by atoms with E-state index in [-0.39, 0.29) is 23.7 Å². The predicted molar refractivity (Wildman–Crippen MR) is 112 cm³/mol. The molecule has 2 heterocycles. The number of hydrogen-bond donors (Lipinski definition) is 0. The molecule has 1 fully saturated rings. The van der Waals surface area contributed by atoms with Crippen LogP contribution in [0.25, 0.3) is 5.57 Å². The largest absolute Gasteiger partial charge is 0.372 e. The first-order valence-corrected chi connectivity index (χ1v) is 10.2. The number of carbonyl (C=O) groups excluding carboxylic acids is 2. The van der Waals surface area contributed by atoms with Crippen molar-refractivity contribution in [1.82, 2.24) is 4.90 Å². The number of halogens is 2. The van der Waals surface area contributed by atoms with E-state index in [4.69, 9.17) is 4.74 Å². The van der Waals surface area contributed by atoms with E-state index in [0.717, 1.165) is 4.47 Å². The Morgan fingerprint density at radius 1 is 1.00 bits per heavy atom. The lowest BCUT2D eigenvalue weighted by Gasteiger charge is -2.37. The molecule has 2 unspecified atom stereocenters. The zero-order valence-corrected chi connectivity index (χ0v) is 17.6. The van der Waals surface area contributed by atoms with Crippen LogP contribution in [0.15, 0.2) is 58.7 Å². The van der Waals surface area contributed by atoms with Gasteiger partial charge < -0.3 is 9.64 Å². The summed E-state index contributed by atoms with van der Waals surface area (Å²) in [6.45, 7) is 4.87. The maximum absolute atomic E-state index is 13.5. The number of rotatable bonds is 3. The van der Waals surface area contributed by atoms with E-state index in [1.54, 1.807) is 18.2 Å². The zero-order valence-electron chi connectivity index (χ0n) is 16.1. The summed E-state index contributed by atoms with van der Waals surface area (Å²) in [5, 5.41) is 0. The third-order valence-electron chi connectivity index (χ3n) is 4.99. The minimum atomic E-state index is -0.415. The van der Waals surface area contributed by atoms with E-state index in [9.17, 15) is 14.0 Å². The van der Waals surface area contributed by atoms with Crippen molar-refractivity contribution in [2.75, 3.05) is 18.0 Å². The number of nitrogens with zero attached hydrogens (tertiary/aromatic N) is 2. The fourth-order valence-corrected chi connectivity index (χ4v) is 4.29. The maximum atomic E-state index is 13.5. The van der Waals surface area contributed by atoms with Crippen LogP contribution in [0.5, 0.6) is 0 Å². The summed E-state index contributed by atoms with van der Waals surface area (Å²) in [5.74, 6) is -1.19. The Morgan fingerprint density at radius 3 is 2.28 bits per heavy atom. The topological polar surface area (TPSA) is 49.9 Å². The first-order chi connectivity index (χ1) is 13.8. The second kappa shape index (κ2) is 7.72. The molecule has 0 saturated carbocycles. The van der Waals surface area contributed by atoms with Gasteiger partial charge in [0.25, 0.3) is 11.8 Å². The third kappa shape index (κ3) is 3.72. The molecule has 0 spiro atoms. The number of imide groups is 1. The van der Waals surface area contributed by atoms with Crippen LogP contribution in [-0.2, 0) is 14.3 Å². The fourth-order valence-electron chi connectivity index (χ4n) is 3.90. The van der Waals surface area contributed by atoms with E-state index < -0.39 is 11.7 Å². The Hall–Kier alpha value is -2.51. The van der Waals surface area contributed by atoms with Gasteiger partial charge in [0.15, 0.2) is 0 Å². The maximum Gasteiger partial charge on any atom is 0.282 e. The number of benzene rings is 2. The number of anilines is 1. The molecule has 2 atom stereocenters. The Balaban J connectivity index is 1.84. The SMILES string of the molecule is CC1CN(C2=C(c3ccc(F)cc3)C(=O)N(c3cccc(Br)c3)C2=O)CC(C)O1. The van der Waals surface area contributed by atoms with Crippen LogP contribution in [0, 0.1) is 5.82 Å². The molecule has 5 nitrogen and oxygen atoms in total. The molecule has 2 amide bonds. The lowest BCUT2D eigenvalue weighted by molar-refractivity contribution is -0.121. The summed E-state index contributed by atoms with van der Waals surface area (Å²) in [6, 6.07) is 12.7. The molecule has 2 aromatic carbocycles. The minimum absolute atomic E-state index is 0.0801. The number of morpholine rings is 1. The van der Waals surface area contributed by atoms with E-state index in [1.807, 2.05) is 24.8 Å². The smallest absolute Gasteiger partial charge is 0.282 e. The second-order valence-corrected chi connectivity index (χ2v) is 8.23. The van der Waals surface area contributed by atoms with Crippen LogP contribution in [0.4, 0.5) is 10.1 Å². The van der Waals surface area contributed by atoms with Gasteiger partial charge in [-0.15, -0.1) is 0 Å². The molecule has 2 aliphatic heterocycles. The molecular weight excluding hydrogens is 439 g/mol. The summed E-state index contributed by atoms with van der Waals surface area (Å²) in [7, 11) is 0. The standard InChI is InChI=1S/C22H20BrFN2O3/c1-13-11-25(12-14(2)29-13)20-19(15-6-8-17(24)9-7-15)21(27)26(22(20)28)18-5-3-4-16(23)10-18/h3-10,13-14H,11-12H2,1-2H3. The van der Waals surface area contributed by atoms with Gasteiger partial charge in [-0.1, -0.05) is 34.1 Å². The molecule has 2 aliphatic rings. The number of hydrogen-bond acceptors (Lipinski definition) is 4. The molecule has 0 N–H and O–H groups in total. The van der Waals surface area contributed by atoms with Gasteiger partial charge in [0.2, 0.25) is 0 Å². The highest BCUT2D eigenvalue weighted by atomic mass is 79.9. The minimum Gasteiger partial charge on any atom is -0.372 e. The van der Waals surface area contributed by atoms with Crippen molar-refractivity contribution in [3.05, 3.63) is 70.1 Å². The Bertz CT molecular complexity index is 995. The normalized spacial score (nSPS) is 22.6. The first kappa shape index (κ1) is 19.8.